The number of nitriles is 1. The Hall–Kier alpha value is -2.65. The number of nitrogens with one attached hydrogen (secondary N) is 1. The number of carbonyl (C=O) groups excluding carboxylic acids is 1. The van der Waals surface area contributed by atoms with Gasteiger partial charge in [0.1, 0.15) is 6.04 Å². The van der Waals surface area contributed by atoms with E-state index in [0.717, 1.165) is 29.2 Å². The third kappa shape index (κ3) is 2.91. The van der Waals surface area contributed by atoms with Crippen molar-refractivity contribution in [3.05, 3.63) is 47.3 Å². The molecule has 0 bridgehead atoms. The maximum Gasteiger partial charge on any atom is 0.242 e. The first-order valence-corrected chi connectivity index (χ1v) is 8.13. The van der Waals surface area contributed by atoms with E-state index in [9.17, 15) is 4.79 Å². The first-order chi connectivity index (χ1) is 11.6. The van der Waals surface area contributed by atoms with Gasteiger partial charge in [0.15, 0.2) is 0 Å². The van der Waals surface area contributed by atoms with Gasteiger partial charge in [0.25, 0.3) is 0 Å². The second-order valence-electron chi connectivity index (χ2n) is 5.97. The number of aromatic nitrogens is 2. The molecule has 0 saturated carbocycles. The van der Waals surface area contributed by atoms with E-state index in [0.29, 0.717) is 19.5 Å². The molecule has 1 aromatic carbocycles. The van der Waals surface area contributed by atoms with Crippen molar-refractivity contribution < 1.29 is 4.79 Å². The third-order valence-corrected chi connectivity index (χ3v) is 4.44. The van der Waals surface area contributed by atoms with Crippen LogP contribution >= 0.6 is 0 Å². The molecule has 124 valence electrons. The van der Waals surface area contributed by atoms with Crippen LogP contribution in [0.2, 0.25) is 0 Å². The molecule has 1 aliphatic rings. The number of hydrogen-bond acceptors (Lipinski definition) is 4. The Balaban J connectivity index is 2.02. The van der Waals surface area contributed by atoms with Crippen LogP contribution in [0.4, 0.5) is 0 Å². The minimum atomic E-state index is -0.385. The molecule has 2 aromatic rings. The molecule has 1 atom stereocenters. The number of para-hydroxylation sites is 1. The van der Waals surface area contributed by atoms with Crippen LogP contribution in [0.1, 0.15) is 29.4 Å². The predicted molar refractivity (Wildman–Crippen MR) is 90.6 cm³/mol. The summed E-state index contributed by atoms with van der Waals surface area (Å²) in [5.74, 6) is -0.0157. The molecular weight excluding hydrogens is 302 g/mol. The highest BCUT2D eigenvalue weighted by Crippen LogP contribution is 2.30. The molecule has 1 fully saturated rings. The van der Waals surface area contributed by atoms with Crippen molar-refractivity contribution in [3.63, 3.8) is 0 Å². The number of aryl methyl sites for hydroxylation is 1. The zero-order valence-corrected chi connectivity index (χ0v) is 14.0. The van der Waals surface area contributed by atoms with Crippen LogP contribution in [0.3, 0.4) is 0 Å². The van der Waals surface area contributed by atoms with E-state index in [1.165, 1.54) is 0 Å². The van der Waals surface area contributed by atoms with Gasteiger partial charge in [-0.2, -0.15) is 10.4 Å². The third-order valence-electron chi connectivity index (χ3n) is 4.44. The highest BCUT2D eigenvalue weighted by molar-refractivity contribution is 5.84. The molecule has 2 heterocycles. The zero-order chi connectivity index (χ0) is 17.1. The monoisotopic (exact) mass is 323 g/mol. The fraction of sp³-hybridized carbons (Fsp3) is 0.389. The Labute approximate surface area is 141 Å². The molecule has 0 radical (unpaired) electrons. The van der Waals surface area contributed by atoms with Gasteiger partial charge < -0.3 is 5.32 Å². The number of piperazine rings is 1. The summed E-state index contributed by atoms with van der Waals surface area (Å²) in [5.41, 5.74) is 3.72. The average Bonchev–Trinajstić information content (AvgIpc) is 2.89. The fourth-order valence-electron chi connectivity index (χ4n) is 3.33. The SMILES string of the molecule is Cc1nn(-c2ccccc2)c(C)c1[C@@H]1C(=O)NCCN1CCC#N. The summed E-state index contributed by atoms with van der Waals surface area (Å²) in [6.07, 6.45) is 0.411. The smallest absolute Gasteiger partial charge is 0.242 e. The summed E-state index contributed by atoms with van der Waals surface area (Å²) >= 11 is 0. The van der Waals surface area contributed by atoms with Gasteiger partial charge in [-0.3, -0.25) is 9.69 Å². The first kappa shape index (κ1) is 16.2. The quantitative estimate of drug-likeness (QED) is 0.932. The van der Waals surface area contributed by atoms with Gasteiger partial charge in [-0.1, -0.05) is 18.2 Å². The Morgan fingerprint density at radius 1 is 1.33 bits per heavy atom. The molecule has 1 aliphatic heterocycles. The fourth-order valence-corrected chi connectivity index (χ4v) is 3.33. The highest BCUT2D eigenvalue weighted by atomic mass is 16.2. The summed E-state index contributed by atoms with van der Waals surface area (Å²) < 4.78 is 1.88. The molecule has 1 amide bonds. The Morgan fingerprint density at radius 2 is 2.08 bits per heavy atom. The Morgan fingerprint density at radius 3 is 2.79 bits per heavy atom. The van der Waals surface area contributed by atoms with Crippen molar-refractivity contribution in [3.8, 4) is 11.8 Å². The summed E-state index contributed by atoms with van der Waals surface area (Å²) in [6, 6.07) is 11.7. The lowest BCUT2D eigenvalue weighted by atomic mass is 10.00. The van der Waals surface area contributed by atoms with Crippen LogP contribution in [0.5, 0.6) is 0 Å². The topological polar surface area (TPSA) is 74.0 Å². The number of carbonyl (C=O) groups is 1. The molecule has 1 saturated heterocycles. The number of nitrogens with zero attached hydrogens (tertiary/aromatic N) is 4. The van der Waals surface area contributed by atoms with Gasteiger partial charge in [-0.15, -0.1) is 0 Å². The lowest BCUT2D eigenvalue weighted by molar-refractivity contribution is -0.129. The van der Waals surface area contributed by atoms with Gasteiger partial charge in [0.05, 0.1) is 17.5 Å². The van der Waals surface area contributed by atoms with Gasteiger partial charge >= 0.3 is 0 Å². The van der Waals surface area contributed by atoms with E-state index in [4.69, 9.17) is 5.26 Å². The number of benzene rings is 1. The van der Waals surface area contributed by atoms with Gasteiger partial charge in [-0.05, 0) is 26.0 Å². The van der Waals surface area contributed by atoms with Crippen LogP contribution < -0.4 is 5.32 Å². The van der Waals surface area contributed by atoms with Crippen LogP contribution in [0, 0.1) is 25.2 Å². The standard InChI is InChI=1S/C18H21N5O/c1-13-16(14(2)23(21-13)15-7-4-3-5-8-15)17-18(24)20-10-12-22(17)11-6-9-19/h3-5,7-8,17H,6,10-12H2,1-2H3,(H,20,24)/t17-/m1/s1. The summed E-state index contributed by atoms with van der Waals surface area (Å²) in [4.78, 5) is 14.6. The second-order valence-corrected chi connectivity index (χ2v) is 5.97. The van der Waals surface area contributed by atoms with Crippen molar-refractivity contribution in [2.75, 3.05) is 19.6 Å². The molecular formula is C18H21N5O. The summed E-state index contributed by atoms with van der Waals surface area (Å²) in [7, 11) is 0. The van der Waals surface area contributed by atoms with E-state index in [1.807, 2.05) is 48.9 Å². The van der Waals surface area contributed by atoms with E-state index in [1.54, 1.807) is 0 Å². The molecule has 6 heteroatoms. The minimum Gasteiger partial charge on any atom is -0.353 e. The van der Waals surface area contributed by atoms with Crippen LogP contribution in [0.25, 0.3) is 5.69 Å². The van der Waals surface area contributed by atoms with Crippen LogP contribution in [-0.4, -0.2) is 40.2 Å². The van der Waals surface area contributed by atoms with Crippen molar-refractivity contribution in [1.29, 1.82) is 5.26 Å². The van der Waals surface area contributed by atoms with E-state index in [2.05, 4.69) is 21.4 Å². The molecule has 6 nitrogen and oxygen atoms in total. The van der Waals surface area contributed by atoms with E-state index in [-0.39, 0.29) is 11.9 Å². The molecule has 24 heavy (non-hydrogen) atoms. The van der Waals surface area contributed by atoms with Gasteiger partial charge in [-0.25, -0.2) is 4.68 Å². The average molecular weight is 323 g/mol. The molecule has 1 N–H and O–H groups in total. The lowest BCUT2D eigenvalue weighted by Crippen LogP contribution is -2.50. The van der Waals surface area contributed by atoms with Crippen molar-refractivity contribution >= 4 is 5.91 Å². The molecule has 1 aromatic heterocycles. The van der Waals surface area contributed by atoms with E-state index >= 15 is 0 Å². The normalized spacial score (nSPS) is 18.2. The van der Waals surface area contributed by atoms with Crippen LogP contribution in [0.15, 0.2) is 30.3 Å². The molecule has 0 spiro atoms. The Kier molecular flexibility index (Phi) is 4.63. The largest absolute Gasteiger partial charge is 0.353 e. The van der Waals surface area contributed by atoms with E-state index < -0.39 is 0 Å². The van der Waals surface area contributed by atoms with Crippen molar-refractivity contribution in [2.45, 2.75) is 26.3 Å². The Bertz CT molecular complexity index is 775. The van der Waals surface area contributed by atoms with Crippen molar-refractivity contribution in [1.82, 2.24) is 20.0 Å². The maximum absolute atomic E-state index is 12.5. The molecule has 3 rings (SSSR count). The second kappa shape index (κ2) is 6.85. The van der Waals surface area contributed by atoms with Crippen LogP contribution in [-0.2, 0) is 4.79 Å². The minimum absolute atomic E-state index is 0.0157. The highest BCUT2D eigenvalue weighted by Gasteiger charge is 2.35. The number of rotatable bonds is 4. The van der Waals surface area contributed by atoms with Gasteiger partial charge in [0.2, 0.25) is 5.91 Å². The number of amides is 1. The number of hydrogen-bond donors (Lipinski definition) is 1. The first-order valence-electron chi connectivity index (χ1n) is 8.13. The summed E-state index contributed by atoms with van der Waals surface area (Å²) in [6.45, 7) is 5.88. The molecule has 0 unspecified atom stereocenters. The zero-order valence-electron chi connectivity index (χ0n) is 14.0. The van der Waals surface area contributed by atoms with Gasteiger partial charge in [0, 0.05) is 37.3 Å². The summed E-state index contributed by atoms with van der Waals surface area (Å²) in [5, 5.41) is 16.5. The maximum atomic E-state index is 12.5. The lowest BCUT2D eigenvalue weighted by Gasteiger charge is -2.34. The van der Waals surface area contributed by atoms with Crippen molar-refractivity contribution in [2.24, 2.45) is 0 Å². The molecule has 0 aliphatic carbocycles. The predicted octanol–water partition coefficient (Wildman–Crippen LogP) is 1.88.